The van der Waals surface area contributed by atoms with Crippen molar-refractivity contribution in [1.29, 1.82) is 0 Å². The molecule has 0 fully saturated rings. The third-order valence-corrected chi connectivity index (χ3v) is 9.50. The predicted molar refractivity (Wildman–Crippen MR) is 107 cm³/mol. The molecule has 4 nitrogen and oxygen atoms in total. The Morgan fingerprint density at radius 1 is 1.08 bits per heavy atom. The number of ether oxygens (including phenoxy) is 1. The molecule has 0 saturated carbocycles. The highest BCUT2D eigenvalue weighted by Gasteiger charge is 2.38. The minimum atomic E-state index is -2.18. The Labute approximate surface area is 156 Å². The molecule has 0 aromatic carbocycles. The van der Waals surface area contributed by atoms with Crippen molar-refractivity contribution in [3.05, 3.63) is 0 Å². The minimum Gasteiger partial charge on any atom is -0.469 e. The quantitative estimate of drug-likeness (QED) is 0.254. The summed E-state index contributed by atoms with van der Waals surface area (Å²) in [5.41, 5.74) is 0. The van der Waals surface area contributed by atoms with Crippen LogP contribution >= 0.6 is 0 Å². The molecule has 0 unspecified atom stereocenters. The molecule has 0 amide bonds. The lowest BCUT2D eigenvalue weighted by Gasteiger charge is -2.36. The third-order valence-electron chi connectivity index (χ3n) is 5.94. The van der Waals surface area contributed by atoms with E-state index in [0.717, 1.165) is 57.8 Å². The van der Waals surface area contributed by atoms with Crippen LogP contribution in [0.3, 0.4) is 0 Å². The van der Waals surface area contributed by atoms with Crippen LogP contribution in [0.1, 0.15) is 85.0 Å². The standard InChI is InChI=1S/C20H42O4Si/c1-7-18(21)17(15-16-20(2,3)25(5,6)23)13-11-9-8-10-12-14-19(22)24-4/h17-18,21,23H,7-16H2,1-6H3/t17-,18+/m0/s1. The fourth-order valence-corrected chi connectivity index (χ4v) is 3.78. The minimum absolute atomic E-state index is 0.0212. The van der Waals surface area contributed by atoms with E-state index in [1.807, 2.05) is 20.0 Å². The maximum atomic E-state index is 11.1. The summed E-state index contributed by atoms with van der Waals surface area (Å²) in [4.78, 5) is 21.5. The molecular formula is C20H42O4Si. The van der Waals surface area contributed by atoms with Crippen molar-refractivity contribution >= 4 is 14.3 Å². The van der Waals surface area contributed by atoms with Gasteiger partial charge in [0.05, 0.1) is 13.2 Å². The molecule has 150 valence electrons. The van der Waals surface area contributed by atoms with Crippen LogP contribution in [-0.2, 0) is 9.53 Å². The van der Waals surface area contributed by atoms with Gasteiger partial charge < -0.3 is 14.6 Å². The number of unbranched alkanes of at least 4 members (excludes halogenated alkanes) is 4. The molecule has 0 saturated heterocycles. The normalized spacial score (nSPS) is 15.0. The zero-order valence-corrected chi connectivity index (χ0v) is 18.4. The second-order valence-corrected chi connectivity index (χ2v) is 13.1. The number of carbonyl (C=O) groups is 1. The Balaban J connectivity index is 4.15. The van der Waals surface area contributed by atoms with Crippen molar-refractivity contribution in [2.75, 3.05) is 7.11 Å². The lowest BCUT2D eigenvalue weighted by molar-refractivity contribution is -0.140. The van der Waals surface area contributed by atoms with E-state index in [4.69, 9.17) is 0 Å². The largest absolute Gasteiger partial charge is 0.469 e. The first kappa shape index (κ1) is 24.6. The molecule has 0 aliphatic rings. The highest BCUT2D eigenvalue weighted by molar-refractivity contribution is 6.72. The SMILES string of the molecule is CC[C@@H](O)[C@@H](CCCCCCCC(=O)OC)CCC(C)(C)[Si](C)(C)O. The smallest absolute Gasteiger partial charge is 0.305 e. The number of carbonyl (C=O) groups excluding carboxylic acids is 1. The highest BCUT2D eigenvalue weighted by atomic mass is 28.4. The molecule has 0 radical (unpaired) electrons. The third kappa shape index (κ3) is 10.4. The van der Waals surface area contributed by atoms with Gasteiger partial charge in [-0.25, -0.2) is 0 Å². The first-order chi connectivity index (χ1) is 11.5. The van der Waals surface area contributed by atoms with Crippen LogP contribution in [0.5, 0.6) is 0 Å². The number of hydrogen-bond donors (Lipinski definition) is 2. The Bertz CT molecular complexity index is 363. The van der Waals surface area contributed by atoms with Gasteiger partial charge in [-0.2, -0.15) is 0 Å². The van der Waals surface area contributed by atoms with E-state index in [1.165, 1.54) is 7.11 Å². The summed E-state index contributed by atoms with van der Waals surface area (Å²) >= 11 is 0. The van der Waals surface area contributed by atoms with Crippen molar-refractivity contribution in [3.8, 4) is 0 Å². The Hall–Kier alpha value is -0.393. The molecule has 25 heavy (non-hydrogen) atoms. The Morgan fingerprint density at radius 3 is 2.16 bits per heavy atom. The first-order valence-corrected chi connectivity index (χ1v) is 13.0. The number of methoxy groups -OCH3 is 1. The number of hydrogen-bond acceptors (Lipinski definition) is 4. The zero-order valence-electron chi connectivity index (χ0n) is 17.4. The second kappa shape index (κ2) is 12.1. The molecule has 2 atom stereocenters. The van der Waals surface area contributed by atoms with Gasteiger partial charge in [-0.05, 0) is 56.2 Å². The van der Waals surface area contributed by atoms with E-state index in [0.29, 0.717) is 12.3 Å². The fourth-order valence-electron chi connectivity index (χ4n) is 3.02. The molecule has 0 spiro atoms. The molecule has 0 heterocycles. The number of esters is 1. The van der Waals surface area contributed by atoms with Crippen LogP contribution in [0.25, 0.3) is 0 Å². The van der Waals surface area contributed by atoms with Gasteiger partial charge in [-0.1, -0.05) is 46.5 Å². The number of aliphatic hydroxyl groups excluding tert-OH is 1. The van der Waals surface area contributed by atoms with Crippen molar-refractivity contribution in [1.82, 2.24) is 0 Å². The van der Waals surface area contributed by atoms with Gasteiger partial charge in [0, 0.05) is 6.42 Å². The van der Waals surface area contributed by atoms with Gasteiger partial charge in [0.1, 0.15) is 0 Å². The first-order valence-electron chi connectivity index (χ1n) is 10.0. The second-order valence-electron chi connectivity index (χ2n) is 8.60. The topological polar surface area (TPSA) is 66.8 Å². The Morgan fingerprint density at radius 2 is 1.64 bits per heavy atom. The van der Waals surface area contributed by atoms with Crippen molar-refractivity contribution < 1.29 is 19.4 Å². The van der Waals surface area contributed by atoms with Crippen LogP contribution in [0.15, 0.2) is 0 Å². The van der Waals surface area contributed by atoms with Crippen molar-refractivity contribution in [2.24, 2.45) is 5.92 Å². The average molecular weight is 375 g/mol. The maximum Gasteiger partial charge on any atom is 0.305 e. The van der Waals surface area contributed by atoms with Gasteiger partial charge in [0.15, 0.2) is 8.32 Å². The van der Waals surface area contributed by atoms with Crippen molar-refractivity contribution in [3.63, 3.8) is 0 Å². The van der Waals surface area contributed by atoms with E-state index in [-0.39, 0.29) is 17.1 Å². The van der Waals surface area contributed by atoms with E-state index in [2.05, 4.69) is 18.6 Å². The van der Waals surface area contributed by atoms with E-state index < -0.39 is 8.32 Å². The van der Waals surface area contributed by atoms with Crippen LogP contribution in [0, 0.1) is 5.92 Å². The summed E-state index contributed by atoms with van der Waals surface area (Å²) in [5.74, 6) is 0.208. The van der Waals surface area contributed by atoms with Crippen LogP contribution in [0.2, 0.25) is 18.1 Å². The lowest BCUT2D eigenvalue weighted by atomic mass is 9.87. The summed E-state index contributed by atoms with van der Waals surface area (Å²) in [5, 5.41) is 10.3. The van der Waals surface area contributed by atoms with Crippen molar-refractivity contribution in [2.45, 2.75) is 109 Å². The molecule has 0 aromatic rings. The molecule has 0 aromatic heterocycles. The van der Waals surface area contributed by atoms with Gasteiger partial charge in [-0.3, -0.25) is 4.79 Å². The molecule has 0 bridgehead atoms. The van der Waals surface area contributed by atoms with Gasteiger partial charge in [0.2, 0.25) is 0 Å². The maximum absolute atomic E-state index is 11.1. The van der Waals surface area contributed by atoms with Gasteiger partial charge in [0.25, 0.3) is 0 Å². The predicted octanol–water partition coefficient (Wildman–Crippen LogP) is 5.04. The molecule has 2 N–H and O–H groups in total. The van der Waals surface area contributed by atoms with Crippen LogP contribution < -0.4 is 0 Å². The number of rotatable bonds is 14. The van der Waals surface area contributed by atoms with Crippen LogP contribution in [0.4, 0.5) is 0 Å². The van der Waals surface area contributed by atoms with Gasteiger partial charge >= 0.3 is 5.97 Å². The summed E-state index contributed by atoms with van der Waals surface area (Å²) in [6, 6.07) is 0. The van der Waals surface area contributed by atoms with E-state index >= 15 is 0 Å². The molecule has 5 heteroatoms. The zero-order chi connectivity index (χ0) is 19.5. The molecule has 0 aliphatic carbocycles. The monoisotopic (exact) mass is 374 g/mol. The number of aliphatic hydroxyl groups is 1. The fraction of sp³-hybridized carbons (Fsp3) is 0.950. The van der Waals surface area contributed by atoms with E-state index in [9.17, 15) is 14.7 Å². The van der Waals surface area contributed by atoms with Crippen LogP contribution in [-0.4, -0.2) is 37.4 Å². The molecular weight excluding hydrogens is 332 g/mol. The average Bonchev–Trinajstić information content (AvgIpc) is 2.54. The summed E-state index contributed by atoms with van der Waals surface area (Å²) < 4.78 is 4.64. The Kier molecular flexibility index (Phi) is 11.9. The summed E-state index contributed by atoms with van der Waals surface area (Å²) in [7, 11) is -0.748. The summed E-state index contributed by atoms with van der Waals surface area (Å²) in [6.07, 6.45) is 9.46. The van der Waals surface area contributed by atoms with Gasteiger partial charge in [-0.15, -0.1) is 0 Å². The lowest BCUT2D eigenvalue weighted by Crippen LogP contribution is -2.39. The summed E-state index contributed by atoms with van der Waals surface area (Å²) in [6.45, 7) is 10.4. The molecule has 0 rings (SSSR count). The highest BCUT2D eigenvalue weighted by Crippen LogP contribution is 2.41. The van der Waals surface area contributed by atoms with E-state index in [1.54, 1.807) is 0 Å². The molecule has 0 aliphatic heterocycles.